The van der Waals surface area contributed by atoms with Crippen LogP contribution in [0.2, 0.25) is 0 Å². The third-order valence-electron chi connectivity index (χ3n) is 3.99. The van der Waals surface area contributed by atoms with Gasteiger partial charge in [0.05, 0.1) is 12.1 Å². The van der Waals surface area contributed by atoms with Gasteiger partial charge in [0.25, 0.3) is 0 Å². The predicted octanol–water partition coefficient (Wildman–Crippen LogP) is 3.89. The van der Waals surface area contributed by atoms with Crippen molar-refractivity contribution in [2.45, 2.75) is 40.2 Å². The van der Waals surface area contributed by atoms with Crippen molar-refractivity contribution in [1.29, 1.82) is 0 Å². The van der Waals surface area contributed by atoms with Crippen LogP contribution in [0.1, 0.15) is 38.4 Å². The fraction of sp³-hybridized carbons (Fsp3) is 0.450. The van der Waals surface area contributed by atoms with E-state index >= 15 is 0 Å². The second kappa shape index (κ2) is 12.8. The quantitative estimate of drug-likeness (QED) is 0.624. The normalized spacial score (nSPS) is 10.5. The first-order valence-corrected chi connectivity index (χ1v) is 9.95. The molecule has 0 unspecified atom stereocenters. The van der Waals surface area contributed by atoms with E-state index in [9.17, 15) is 9.59 Å². The van der Waals surface area contributed by atoms with Gasteiger partial charge in [-0.2, -0.15) is 0 Å². The molecule has 0 aliphatic rings. The molecule has 29 heavy (non-hydrogen) atoms. The van der Waals surface area contributed by atoms with E-state index in [-0.39, 0.29) is 43.0 Å². The SMILES string of the molecule is CC(C)(C)C(=O)Nc1nc(CC(=O)N(CCCN)Cc2ccccc2)cs1.Cl.Cl. The van der Waals surface area contributed by atoms with Gasteiger partial charge in [-0.15, -0.1) is 36.2 Å². The van der Waals surface area contributed by atoms with Crippen LogP contribution < -0.4 is 11.1 Å². The Kier molecular flexibility index (Phi) is 12.1. The molecule has 6 nitrogen and oxygen atoms in total. The number of hydrogen-bond acceptors (Lipinski definition) is 5. The fourth-order valence-corrected chi connectivity index (χ4v) is 3.08. The maximum absolute atomic E-state index is 12.8. The van der Waals surface area contributed by atoms with Crippen LogP contribution >= 0.6 is 36.2 Å². The lowest BCUT2D eigenvalue weighted by Gasteiger charge is -2.22. The first-order chi connectivity index (χ1) is 12.8. The second-order valence-corrected chi connectivity index (χ2v) is 8.33. The summed E-state index contributed by atoms with van der Waals surface area (Å²) in [4.78, 5) is 31.0. The maximum atomic E-state index is 12.8. The minimum atomic E-state index is -0.490. The predicted molar refractivity (Wildman–Crippen MR) is 124 cm³/mol. The van der Waals surface area contributed by atoms with Gasteiger partial charge in [-0.25, -0.2) is 4.98 Å². The summed E-state index contributed by atoms with van der Waals surface area (Å²) in [6.07, 6.45) is 0.960. The van der Waals surface area contributed by atoms with E-state index in [4.69, 9.17) is 5.73 Å². The van der Waals surface area contributed by atoms with Crippen molar-refractivity contribution in [1.82, 2.24) is 9.88 Å². The summed E-state index contributed by atoms with van der Waals surface area (Å²) in [6, 6.07) is 9.90. The van der Waals surface area contributed by atoms with Gasteiger partial charge in [0, 0.05) is 23.9 Å². The summed E-state index contributed by atoms with van der Waals surface area (Å²) in [5.74, 6) is -0.0883. The summed E-state index contributed by atoms with van der Waals surface area (Å²) in [5.41, 5.74) is 6.88. The zero-order valence-electron chi connectivity index (χ0n) is 17.0. The topological polar surface area (TPSA) is 88.3 Å². The third kappa shape index (κ3) is 9.12. The molecule has 0 fully saturated rings. The van der Waals surface area contributed by atoms with Gasteiger partial charge in [-0.3, -0.25) is 9.59 Å². The maximum Gasteiger partial charge on any atom is 0.231 e. The van der Waals surface area contributed by atoms with Crippen molar-refractivity contribution in [2.24, 2.45) is 11.1 Å². The summed E-state index contributed by atoms with van der Waals surface area (Å²) < 4.78 is 0. The largest absolute Gasteiger partial charge is 0.338 e. The molecule has 0 saturated carbocycles. The Balaban J connectivity index is 0.00000392. The molecule has 1 aromatic carbocycles. The Morgan fingerprint density at radius 2 is 1.83 bits per heavy atom. The molecule has 1 aromatic heterocycles. The van der Waals surface area contributed by atoms with E-state index in [0.717, 1.165) is 12.0 Å². The average Bonchev–Trinajstić information content (AvgIpc) is 3.05. The lowest BCUT2D eigenvalue weighted by Crippen LogP contribution is -2.33. The Hall–Kier alpha value is -1.67. The molecule has 0 aliphatic carbocycles. The van der Waals surface area contributed by atoms with E-state index in [1.807, 2.05) is 61.4 Å². The van der Waals surface area contributed by atoms with Gasteiger partial charge in [-0.1, -0.05) is 51.1 Å². The van der Waals surface area contributed by atoms with Gasteiger partial charge in [0.1, 0.15) is 0 Å². The summed E-state index contributed by atoms with van der Waals surface area (Å²) in [7, 11) is 0. The summed E-state index contributed by atoms with van der Waals surface area (Å²) in [6.45, 7) is 7.25. The number of hydrogen-bond donors (Lipinski definition) is 2. The summed E-state index contributed by atoms with van der Waals surface area (Å²) in [5, 5.41) is 5.15. The molecular weight excluding hydrogens is 431 g/mol. The Morgan fingerprint density at radius 3 is 2.41 bits per heavy atom. The highest BCUT2D eigenvalue weighted by Crippen LogP contribution is 2.21. The molecule has 0 atom stereocenters. The number of anilines is 1. The Morgan fingerprint density at radius 1 is 1.17 bits per heavy atom. The molecule has 0 saturated heterocycles. The van der Waals surface area contributed by atoms with Crippen LogP contribution in [-0.4, -0.2) is 34.8 Å². The smallest absolute Gasteiger partial charge is 0.231 e. The fourth-order valence-electron chi connectivity index (χ4n) is 2.37. The highest BCUT2D eigenvalue weighted by atomic mass is 35.5. The van der Waals surface area contributed by atoms with Crippen LogP contribution in [0.15, 0.2) is 35.7 Å². The molecule has 2 amide bonds. The molecule has 0 aliphatic heterocycles. The van der Waals surface area contributed by atoms with Crippen LogP contribution in [0.3, 0.4) is 0 Å². The number of nitrogens with one attached hydrogen (secondary N) is 1. The van der Waals surface area contributed by atoms with Crippen LogP contribution in [0.5, 0.6) is 0 Å². The molecule has 1 heterocycles. The standard InChI is InChI=1S/C20H28N4O2S.2ClH/c1-20(2,3)18(26)23-19-22-16(14-27-19)12-17(25)24(11-7-10-21)13-15-8-5-4-6-9-15;;/h4-6,8-9,14H,7,10-13,21H2,1-3H3,(H,22,23,26);2*1H. The van der Waals surface area contributed by atoms with Crippen LogP contribution in [-0.2, 0) is 22.6 Å². The zero-order chi connectivity index (χ0) is 19.9. The average molecular weight is 461 g/mol. The molecule has 9 heteroatoms. The van der Waals surface area contributed by atoms with Crippen molar-refractivity contribution in [3.8, 4) is 0 Å². The highest BCUT2D eigenvalue weighted by molar-refractivity contribution is 7.13. The number of rotatable bonds is 8. The third-order valence-corrected chi connectivity index (χ3v) is 4.79. The molecule has 0 bridgehead atoms. The number of carbonyl (C=O) groups is 2. The van der Waals surface area contributed by atoms with E-state index in [0.29, 0.717) is 30.5 Å². The lowest BCUT2D eigenvalue weighted by molar-refractivity contribution is -0.131. The number of amides is 2. The second-order valence-electron chi connectivity index (χ2n) is 7.47. The number of halogens is 2. The van der Waals surface area contributed by atoms with Crippen LogP contribution in [0.25, 0.3) is 0 Å². The van der Waals surface area contributed by atoms with Crippen molar-refractivity contribution < 1.29 is 9.59 Å². The monoisotopic (exact) mass is 460 g/mol. The van der Waals surface area contributed by atoms with E-state index < -0.39 is 5.41 Å². The minimum absolute atomic E-state index is 0. The first kappa shape index (κ1) is 27.3. The molecule has 0 radical (unpaired) electrons. The lowest BCUT2D eigenvalue weighted by atomic mass is 9.96. The van der Waals surface area contributed by atoms with Crippen molar-refractivity contribution in [3.63, 3.8) is 0 Å². The molecule has 162 valence electrons. The number of thiazole rings is 1. The van der Waals surface area contributed by atoms with Gasteiger partial charge in [0.15, 0.2) is 5.13 Å². The Labute approximate surface area is 189 Å². The number of benzene rings is 1. The van der Waals surface area contributed by atoms with Crippen molar-refractivity contribution >= 4 is 53.1 Å². The minimum Gasteiger partial charge on any atom is -0.338 e. The van der Waals surface area contributed by atoms with Gasteiger partial charge < -0.3 is 16.0 Å². The number of carbonyl (C=O) groups excluding carboxylic acids is 2. The Bertz CT molecular complexity index is 763. The number of aromatic nitrogens is 1. The summed E-state index contributed by atoms with van der Waals surface area (Å²) >= 11 is 1.34. The highest BCUT2D eigenvalue weighted by Gasteiger charge is 2.22. The van der Waals surface area contributed by atoms with Crippen molar-refractivity contribution in [2.75, 3.05) is 18.4 Å². The van der Waals surface area contributed by atoms with Crippen molar-refractivity contribution in [3.05, 3.63) is 47.0 Å². The molecule has 3 N–H and O–H groups in total. The van der Waals surface area contributed by atoms with Gasteiger partial charge in [0.2, 0.25) is 11.8 Å². The van der Waals surface area contributed by atoms with Gasteiger partial charge in [-0.05, 0) is 18.5 Å². The molecular formula is C20H30Cl2N4O2S. The molecule has 0 spiro atoms. The first-order valence-electron chi connectivity index (χ1n) is 9.07. The van der Waals surface area contributed by atoms with E-state index in [1.165, 1.54) is 11.3 Å². The van der Waals surface area contributed by atoms with Gasteiger partial charge >= 0.3 is 0 Å². The van der Waals surface area contributed by atoms with Crippen LogP contribution in [0.4, 0.5) is 5.13 Å². The van der Waals surface area contributed by atoms with E-state index in [1.54, 1.807) is 0 Å². The number of nitrogens with two attached hydrogens (primary N) is 1. The molecule has 2 rings (SSSR count). The van der Waals surface area contributed by atoms with E-state index in [2.05, 4.69) is 10.3 Å². The van der Waals surface area contributed by atoms with Crippen LogP contribution in [0, 0.1) is 5.41 Å². The molecule has 2 aromatic rings. The zero-order valence-corrected chi connectivity index (χ0v) is 19.5. The number of nitrogens with zero attached hydrogens (tertiary/aromatic N) is 2.